The van der Waals surface area contributed by atoms with Gasteiger partial charge >= 0.3 is 0 Å². The zero-order valence-corrected chi connectivity index (χ0v) is 10.6. The molecule has 0 aliphatic rings. The van der Waals surface area contributed by atoms with Crippen LogP contribution >= 0.6 is 0 Å². The largest absolute Gasteiger partial charge is 0.387 e. The molecule has 0 atom stereocenters. The van der Waals surface area contributed by atoms with Gasteiger partial charge in [0.15, 0.2) is 0 Å². The van der Waals surface area contributed by atoms with Gasteiger partial charge in [0.1, 0.15) is 0 Å². The van der Waals surface area contributed by atoms with Crippen molar-refractivity contribution in [1.82, 2.24) is 5.32 Å². The lowest BCUT2D eigenvalue weighted by Crippen LogP contribution is -2.40. The Morgan fingerprint density at radius 2 is 1.88 bits per heavy atom. The van der Waals surface area contributed by atoms with E-state index >= 15 is 0 Å². The Labute approximate surface area is 97.2 Å². The third kappa shape index (κ3) is 3.26. The molecule has 2 N–H and O–H groups in total. The molecule has 0 saturated carbocycles. The second-order valence-electron chi connectivity index (χ2n) is 5.00. The van der Waals surface area contributed by atoms with E-state index in [9.17, 15) is 4.79 Å². The summed E-state index contributed by atoms with van der Waals surface area (Å²) in [5.41, 5.74) is 2.47. The Hall–Kier alpha value is -1.51. The summed E-state index contributed by atoms with van der Waals surface area (Å²) in [5, 5.41) is 5.99. The summed E-state index contributed by atoms with van der Waals surface area (Å²) in [6.07, 6.45) is 0. The quantitative estimate of drug-likeness (QED) is 0.804. The van der Waals surface area contributed by atoms with E-state index in [4.69, 9.17) is 0 Å². The molecule has 0 bridgehead atoms. The van der Waals surface area contributed by atoms with Crippen molar-refractivity contribution in [2.75, 3.05) is 12.4 Å². The number of anilines is 1. The van der Waals surface area contributed by atoms with Crippen molar-refractivity contribution in [2.45, 2.75) is 33.2 Å². The SMILES string of the molecule is CNc1cc(C)ccc1C(=O)NC(C)(C)C. The van der Waals surface area contributed by atoms with Crippen LogP contribution in [0.3, 0.4) is 0 Å². The molecule has 88 valence electrons. The van der Waals surface area contributed by atoms with Crippen molar-refractivity contribution >= 4 is 11.6 Å². The van der Waals surface area contributed by atoms with Gasteiger partial charge in [-0.3, -0.25) is 4.79 Å². The minimum atomic E-state index is -0.215. The highest BCUT2D eigenvalue weighted by Gasteiger charge is 2.17. The Morgan fingerprint density at radius 1 is 1.25 bits per heavy atom. The molecule has 0 aromatic heterocycles. The molecule has 0 aliphatic carbocycles. The number of hydrogen-bond donors (Lipinski definition) is 2. The Bertz CT molecular complexity index is 391. The van der Waals surface area contributed by atoms with Crippen LogP contribution in [0.4, 0.5) is 5.69 Å². The molecule has 1 aromatic carbocycles. The van der Waals surface area contributed by atoms with Crippen LogP contribution in [0.25, 0.3) is 0 Å². The van der Waals surface area contributed by atoms with Crippen LogP contribution in [0.5, 0.6) is 0 Å². The molecule has 0 unspecified atom stereocenters. The van der Waals surface area contributed by atoms with Crippen molar-refractivity contribution in [1.29, 1.82) is 0 Å². The summed E-state index contributed by atoms with van der Waals surface area (Å²) in [6.45, 7) is 7.92. The lowest BCUT2D eigenvalue weighted by atomic mass is 10.1. The number of hydrogen-bond acceptors (Lipinski definition) is 2. The van der Waals surface area contributed by atoms with E-state index in [2.05, 4.69) is 10.6 Å². The van der Waals surface area contributed by atoms with Gasteiger partial charge in [-0.05, 0) is 45.4 Å². The van der Waals surface area contributed by atoms with E-state index in [0.717, 1.165) is 11.3 Å². The van der Waals surface area contributed by atoms with E-state index in [-0.39, 0.29) is 11.4 Å². The van der Waals surface area contributed by atoms with Crippen molar-refractivity contribution < 1.29 is 4.79 Å². The third-order valence-corrected chi connectivity index (χ3v) is 2.18. The topological polar surface area (TPSA) is 41.1 Å². The van der Waals surface area contributed by atoms with Crippen LogP contribution in [0.15, 0.2) is 18.2 Å². The standard InChI is InChI=1S/C13H20N2O/c1-9-6-7-10(11(8-9)14-5)12(16)15-13(2,3)4/h6-8,14H,1-5H3,(H,15,16). The first-order valence-electron chi connectivity index (χ1n) is 5.44. The van der Waals surface area contributed by atoms with Gasteiger partial charge in [-0.15, -0.1) is 0 Å². The fraction of sp³-hybridized carbons (Fsp3) is 0.462. The summed E-state index contributed by atoms with van der Waals surface area (Å²) < 4.78 is 0. The van der Waals surface area contributed by atoms with Crippen molar-refractivity contribution in [2.24, 2.45) is 0 Å². The molecule has 1 aromatic rings. The van der Waals surface area contributed by atoms with Gasteiger partial charge in [0, 0.05) is 18.3 Å². The Balaban J connectivity index is 2.99. The molecule has 0 saturated heterocycles. The van der Waals surface area contributed by atoms with Crippen LogP contribution in [-0.2, 0) is 0 Å². The van der Waals surface area contributed by atoms with Crippen LogP contribution in [-0.4, -0.2) is 18.5 Å². The number of benzene rings is 1. The number of carbonyl (C=O) groups excluding carboxylic acids is 1. The van der Waals surface area contributed by atoms with Crippen LogP contribution < -0.4 is 10.6 Å². The molecular formula is C13H20N2O. The zero-order valence-electron chi connectivity index (χ0n) is 10.6. The number of amides is 1. The molecule has 0 heterocycles. The molecule has 1 rings (SSSR count). The summed E-state index contributed by atoms with van der Waals surface area (Å²) in [5.74, 6) is -0.0446. The predicted molar refractivity (Wildman–Crippen MR) is 67.9 cm³/mol. The van der Waals surface area contributed by atoms with Gasteiger partial charge in [-0.2, -0.15) is 0 Å². The van der Waals surface area contributed by atoms with Gasteiger partial charge in [0.05, 0.1) is 5.56 Å². The molecule has 0 spiro atoms. The lowest BCUT2D eigenvalue weighted by Gasteiger charge is -2.21. The van der Waals surface area contributed by atoms with Crippen LogP contribution in [0.1, 0.15) is 36.7 Å². The molecule has 16 heavy (non-hydrogen) atoms. The molecule has 0 radical (unpaired) electrons. The molecule has 0 aliphatic heterocycles. The summed E-state index contributed by atoms with van der Waals surface area (Å²) in [6, 6.07) is 5.76. The summed E-state index contributed by atoms with van der Waals surface area (Å²) in [7, 11) is 1.82. The average Bonchev–Trinajstić information content (AvgIpc) is 2.14. The maximum atomic E-state index is 12.0. The average molecular weight is 220 g/mol. The van der Waals surface area contributed by atoms with Gasteiger partial charge in [0.2, 0.25) is 0 Å². The molecule has 1 amide bonds. The molecular weight excluding hydrogens is 200 g/mol. The van der Waals surface area contributed by atoms with Crippen molar-refractivity contribution in [3.8, 4) is 0 Å². The number of carbonyl (C=O) groups is 1. The highest BCUT2D eigenvalue weighted by Crippen LogP contribution is 2.17. The van der Waals surface area contributed by atoms with E-state index in [0.29, 0.717) is 5.56 Å². The van der Waals surface area contributed by atoms with E-state index in [1.54, 1.807) is 0 Å². The fourth-order valence-corrected chi connectivity index (χ4v) is 1.47. The monoisotopic (exact) mass is 220 g/mol. The normalized spacial score (nSPS) is 11.1. The molecule has 3 nitrogen and oxygen atoms in total. The van der Waals surface area contributed by atoms with Gasteiger partial charge in [0.25, 0.3) is 5.91 Å². The van der Waals surface area contributed by atoms with Gasteiger partial charge in [-0.1, -0.05) is 6.07 Å². The van der Waals surface area contributed by atoms with Gasteiger partial charge in [-0.25, -0.2) is 0 Å². The number of nitrogens with one attached hydrogen (secondary N) is 2. The second-order valence-corrected chi connectivity index (χ2v) is 5.00. The smallest absolute Gasteiger partial charge is 0.253 e. The highest BCUT2D eigenvalue weighted by atomic mass is 16.1. The molecule has 3 heteroatoms. The first kappa shape index (κ1) is 12.6. The van der Waals surface area contributed by atoms with E-state index < -0.39 is 0 Å². The van der Waals surface area contributed by atoms with Crippen LogP contribution in [0, 0.1) is 6.92 Å². The lowest BCUT2D eigenvalue weighted by molar-refractivity contribution is 0.0920. The highest BCUT2D eigenvalue weighted by molar-refractivity contribution is 6.00. The van der Waals surface area contributed by atoms with Gasteiger partial charge < -0.3 is 10.6 Å². The first-order valence-corrected chi connectivity index (χ1v) is 5.44. The van der Waals surface area contributed by atoms with Crippen molar-refractivity contribution in [3.63, 3.8) is 0 Å². The van der Waals surface area contributed by atoms with Crippen molar-refractivity contribution in [3.05, 3.63) is 29.3 Å². The number of rotatable bonds is 2. The summed E-state index contributed by atoms with van der Waals surface area (Å²) >= 11 is 0. The Kier molecular flexibility index (Phi) is 3.58. The van der Waals surface area contributed by atoms with Crippen LogP contribution in [0.2, 0.25) is 0 Å². The maximum Gasteiger partial charge on any atom is 0.253 e. The third-order valence-electron chi connectivity index (χ3n) is 2.18. The Morgan fingerprint density at radius 3 is 2.38 bits per heavy atom. The predicted octanol–water partition coefficient (Wildman–Crippen LogP) is 2.57. The van der Waals surface area contributed by atoms with E-state index in [1.807, 2.05) is 52.9 Å². The minimum Gasteiger partial charge on any atom is -0.387 e. The number of aryl methyl sites for hydroxylation is 1. The van der Waals surface area contributed by atoms with E-state index in [1.165, 1.54) is 0 Å². The first-order chi connectivity index (χ1) is 7.33. The fourth-order valence-electron chi connectivity index (χ4n) is 1.47. The second kappa shape index (κ2) is 4.56. The summed E-state index contributed by atoms with van der Waals surface area (Å²) in [4.78, 5) is 12.0. The molecule has 0 fully saturated rings. The minimum absolute atomic E-state index is 0.0446. The maximum absolute atomic E-state index is 12.0. The zero-order chi connectivity index (χ0) is 12.3.